The monoisotopic (exact) mass is 406 g/mol. The number of hydrogen-bond donors (Lipinski definition) is 0. The van der Waals surface area contributed by atoms with Crippen LogP contribution in [0.1, 0.15) is 43.4 Å². The molecule has 30 heavy (non-hydrogen) atoms. The van der Waals surface area contributed by atoms with E-state index in [1.165, 1.54) is 5.56 Å². The lowest BCUT2D eigenvalue weighted by Gasteiger charge is -2.35. The van der Waals surface area contributed by atoms with Crippen molar-refractivity contribution in [3.63, 3.8) is 0 Å². The van der Waals surface area contributed by atoms with Gasteiger partial charge in [0.25, 0.3) is 5.91 Å². The highest BCUT2D eigenvalue weighted by Crippen LogP contribution is 2.26. The number of aryl methyl sites for hydroxylation is 2. The molecule has 1 amide bonds. The fraction of sp³-hybridized carbons (Fsp3) is 0.440. The van der Waals surface area contributed by atoms with E-state index in [4.69, 9.17) is 9.47 Å². The van der Waals surface area contributed by atoms with Gasteiger partial charge in [0.05, 0.1) is 5.56 Å². The van der Waals surface area contributed by atoms with Crippen molar-refractivity contribution in [2.45, 2.75) is 52.7 Å². The molecule has 158 valence electrons. The average Bonchev–Trinajstić information content (AvgIpc) is 2.74. The summed E-state index contributed by atoms with van der Waals surface area (Å²) in [7, 11) is 0. The van der Waals surface area contributed by atoms with Gasteiger partial charge in [-0.3, -0.25) is 4.79 Å². The Kier molecular flexibility index (Phi) is 6.99. The molecule has 5 heteroatoms. The minimum atomic E-state index is -0.615. The van der Waals surface area contributed by atoms with E-state index < -0.39 is 6.10 Å². The van der Waals surface area contributed by atoms with E-state index in [-0.39, 0.29) is 17.9 Å². The number of benzene rings is 2. The van der Waals surface area contributed by atoms with Crippen molar-refractivity contribution < 1.29 is 14.3 Å². The lowest BCUT2D eigenvalue weighted by atomic mass is 10.0. The molecule has 2 aromatic rings. The van der Waals surface area contributed by atoms with E-state index in [1.54, 1.807) is 18.2 Å². The van der Waals surface area contributed by atoms with Crippen LogP contribution < -0.4 is 9.47 Å². The van der Waals surface area contributed by atoms with Crippen LogP contribution in [0.25, 0.3) is 0 Å². The van der Waals surface area contributed by atoms with Crippen molar-refractivity contribution in [1.82, 2.24) is 4.90 Å². The zero-order valence-electron chi connectivity index (χ0n) is 18.2. The molecule has 3 rings (SSSR count). The third-order valence-electron chi connectivity index (χ3n) is 5.50. The summed E-state index contributed by atoms with van der Waals surface area (Å²) in [6.07, 6.45) is 1.07. The molecule has 5 nitrogen and oxygen atoms in total. The molecule has 1 saturated heterocycles. The fourth-order valence-corrected chi connectivity index (χ4v) is 3.66. The minimum Gasteiger partial charge on any atom is -0.490 e. The quantitative estimate of drug-likeness (QED) is 0.701. The number of nitrogens with zero attached hydrogens (tertiary/aromatic N) is 2. The molecular formula is C25H30N2O3. The molecule has 0 aromatic heterocycles. The van der Waals surface area contributed by atoms with E-state index in [0.29, 0.717) is 24.4 Å². The van der Waals surface area contributed by atoms with Crippen LogP contribution in [0.4, 0.5) is 0 Å². The van der Waals surface area contributed by atoms with Crippen LogP contribution in [0.2, 0.25) is 0 Å². The van der Waals surface area contributed by atoms with Gasteiger partial charge in [0.15, 0.2) is 6.10 Å². The van der Waals surface area contributed by atoms with E-state index in [2.05, 4.69) is 38.1 Å². The summed E-state index contributed by atoms with van der Waals surface area (Å²) < 4.78 is 12.2. The second-order valence-electron chi connectivity index (χ2n) is 8.30. The Hall–Kier alpha value is -3.00. The third kappa shape index (κ3) is 5.13. The van der Waals surface area contributed by atoms with E-state index >= 15 is 0 Å². The fourth-order valence-electron chi connectivity index (χ4n) is 3.66. The van der Waals surface area contributed by atoms with Crippen molar-refractivity contribution >= 4 is 5.91 Å². The predicted molar refractivity (Wildman–Crippen MR) is 117 cm³/mol. The first kappa shape index (κ1) is 21.7. The van der Waals surface area contributed by atoms with Gasteiger partial charge in [-0.05, 0) is 49.1 Å². The Labute approximate surface area is 179 Å². The lowest BCUT2D eigenvalue weighted by Crippen LogP contribution is -2.49. The molecule has 1 atom stereocenters. The second kappa shape index (κ2) is 9.67. The summed E-state index contributed by atoms with van der Waals surface area (Å²) in [6.45, 7) is 9.32. The number of nitriles is 1. The predicted octanol–water partition coefficient (Wildman–Crippen LogP) is 4.65. The van der Waals surface area contributed by atoms with Gasteiger partial charge in [-0.2, -0.15) is 5.26 Å². The van der Waals surface area contributed by atoms with Crippen molar-refractivity contribution in [1.29, 1.82) is 5.26 Å². The topological polar surface area (TPSA) is 62.6 Å². The Bertz CT molecular complexity index is 924. The maximum Gasteiger partial charge on any atom is 0.263 e. The maximum atomic E-state index is 13.2. The molecule has 0 radical (unpaired) electrons. The molecule has 0 bridgehead atoms. The van der Waals surface area contributed by atoms with Gasteiger partial charge in [-0.15, -0.1) is 0 Å². The third-order valence-corrected chi connectivity index (χ3v) is 5.50. The Morgan fingerprint density at radius 1 is 1.10 bits per heavy atom. The lowest BCUT2D eigenvalue weighted by molar-refractivity contribution is -0.142. The van der Waals surface area contributed by atoms with Gasteiger partial charge < -0.3 is 14.4 Å². The van der Waals surface area contributed by atoms with Crippen molar-refractivity contribution in [3.8, 4) is 17.6 Å². The highest BCUT2D eigenvalue weighted by atomic mass is 16.5. The number of piperidine rings is 1. The Morgan fingerprint density at radius 2 is 1.80 bits per heavy atom. The van der Waals surface area contributed by atoms with Crippen LogP contribution >= 0.6 is 0 Å². The highest BCUT2D eigenvalue weighted by Gasteiger charge is 2.32. The largest absolute Gasteiger partial charge is 0.490 e. The highest BCUT2D eigenvalue weighted by molar-refractivity contribution is 5.81. The number of carbonyl (C=O) groups is 1. The molecule has 1 heterocycles. The van der Waals surface area contributed by atoms with E-state index in [1.807, 2.05) is 24.8 Å². The molecular weight excluding hydrogens is 376 g/mol. The number of rotatable bonds is 6. The van der Waals surface area contributed by atoms with Crippen molar-refractivity contribution in [2.75, 3.05) is 13.1 Å². The minimum absolute atomic E-state index is 0.00633. The number of hydrogen-bond acceptors (Lipinski definition) is 4. The van der Waals surface area contributed by atoms with Crippen LogP contribution in [0, 0.1) is 31.1 Å². The van der Waals surface area contributed by atoms with Crippen molar-refractivity contribution in [3.05, 3.63) is 59.2 Å². The van der Waals surface area contributed by atoms with Crippen LogP contribution in [0.15, 0.2) is 42.5 Å². The molecule has 1 aliphatic rings. The molecule has 1 fully saturated rings. The van der Waals surface area contributed by atoms with E-state index in [0.717, 1.165) is 24.2 Å². The number of amides is 1. The number of ether oxygens (including phenoxy) is 2. The normalized spacial score (nSPS) is 15.5. The molecule has 1 unspecified atom stereocenters. The molecule has 0 spiro atoms. The molecule has 0 aliphatic carbocycles. The number of para-hydroxylation sites is 1. The number of likely N-dealkylation sites (tertiary alicyclic amines) is 1. The number of carbonyl (C=O) groups excluding carboxylic acids is 1. The van der Waals surface area contributed by atoms with Crippen LogP contribution in [-0.2, 0) is 4.79 Å². The molecule has 2 aromatic carbocycles. The Balaban J connectivity index is 1.62. The zero-order valence-corrected chi connectivity index (χ0v) is 18.2. The van der Waals surface area contributed by atoms with Crippen molar-refractivity contribution in [2.24, 2.45) is 5.92 Å². The van der Waals surface area contributed by atoms with Gasteiger partial charge in [0.2, 0.25) is 0 Å². The molecule has 0 N–H and O–H groups in total. The zero-order chi connectivity index (χ0) is 21.7. The summed E-state index contributed by atoms with van der Waals surface area (Å²) in [5, 5.41) is 9.30. The first-order valence-corrected chi connectivity index (χ1v) is 10.6. The van der Waals surface area contributed by atoms with Gasteiger partial charge in [-0.25, -0.2) is 0 Å². The molecule has 0 saturated carbocycles. The Morgan fingerprint density at radius 3 is 2.47 bits per heavy atom. The second-order valence-corrected chi connectivity index (χ2v) is 8.30. The summed E-state index contributed by atoms with van der Waals surface area (Å²) in [5.41, 5.74) is 2.75. The summed E-state index contributed by atoms with van der Waals surface area (Å²) in [6, 6.07) is 15.4. The van der Waals surface area contributed by atoms with Gasteiger partial charge >= 0.3 is 0 Å². The first-order chi connectivity index (χ1) is 14.4. The average molecular weight is 407 g/mol. The molecule has 1 aliphatic heterocycles. The van der Waals surface area contributed by atoms with Crippen LogP contribution in [0.3, 0.4) is 0 Å². The standard InChI is InChI=1S/C25H30N2O3/c1-17(2)24(30-22-8-6-5-7-20(22)16-26)25(28)27-13-11-21(12-14-27)29-23-15-18(3)9-10-19(23)4/h5-10,15,17,21,24H,11-14H2,1-4H3. The smallest absolute Gasteiger partial charge is 0.263 e. The summed E-state index contributed by atoms with van der Waals surface area (Å²) in [4.78, 5) is 15.0. The van der Waals surface area contributed by atoms with Crippen LogP contribution in [-0.4, -0.2) is 36.1 Å². The van der Waals surface area contributed by atoms with Gasteiger partial charge in [0, 0.05) is 25.9 Å². The SMILES string of the molecule is Cc1ccc(C)c(OC2CCN(C(=O)C(Oc3ccccc3C#N)C(C)C)CC2)c1. The first-order valence-electron chi connectivity index (χ1n) is 10.6. The summed E-state index contributed by atoms with van der Waals surface area (Å²) in [5.74, 6) is 1.35. The van der Waals surface area contributed by atoms with Gasteiger partial charge in [-0.1, -0.05) is 38.1 Å². The maximum absolute atomic E-state index is 13.2. The van der Waals surface area contributed by atoms with E-state index in [9.17, 15) is 10.1 Å². The van der Waals surface area contributed by atoms with Gasteiger partial charge in [0.1, 0.15) is 23.7 Å². The summed E-state index contributed by atoms with van der Waals surface area (Å²) >= 11 is 0. The van der Waals surface area contributed by atoms with Crippen LogP contribution in [0.5, 0.6) is 11.5 Å².